The van der Waals surface area contributed by atoms with Crippen LogP contribution in [0, 0.1) is 0 Å². The molecule has 0 saturated heterocycles. The number of hydrogen-bond acceptors (Lipinski definition) is 4. The number of anilines is 4. The van der Waals surface area contributed by atoms with Crippen LogP contribution in [0.25, 0.3) is 0 Å². The third-order valence-corrected chi connectivity index (χ3v) is 5.63. The zero-order valence-electron chi connectivity index (χ0n) is 17.3. The monoisotopic (exact) mass is 435 g/mol. The topological polar surface area (TPSA) is 36.0 Å². The van der Waals surface area contributed by atoms with E-state index >= 15 is 0 Å². The van der Waals surface area contributed by atoms with E-state index in [4.69, 9.17) is 27.9 Å². The number of fused-ring (bicyclic) bond motifs is 2. The Balaban J connectivity index is 2.12. The Labute approximate surface area is 182 Å². The highest BCUT2D eigenvalue weighted by atomic mass is 35.5. The summed E-state index contributed by atoms with van der Waals surface area (Å²) in [5.74, 6) is 0.826. The maximum absolute atomic E-state index is 12.9. The molecule has 0 N–H and O–H groups in total. The second-order valence-electron chi connectivity index (χ2n) is 6.73. The van der Waals surface area contributed by atoms with Crippen LogP contribution in [0.4, 0.5) is 22.7 Å². The maximum atomic E-state index is 12.9. The molecule has 0 bridgehead atoms. The molecule has 29 heavy (non-hydrogen) atoms. The molecule has 7 heteroatoms. The normalized spacial score (nSPS) is 12.3. The minimum atomic E-state index is -1.17. The molecule has 1 aliphatic rings. The summed E-state index contributed by atoms with van der Waals surface area (Å²) in [6, 6.07) is 11.7. The quantitative estimate of drug-likeness (QED) is 0.503. The molecule has 1 heterocycles. The summed E-state index contributed by atoms with van der Waals surface area (Å²) in [5.41, 5.74) is 3.36. The second-order valence-corrected chi connectivity index (χ2v) is 7.82. The molecule has 0 saturated carbocycles. The summed E-state index contributed by atoms with van der Waals surface area (Å²) in [6.07, 6.45) is 0. The molecule has 1 aliphatic heterocycles. The first-order chi connectivity index (χ1) is 13.9. The predicted molar refractivity (Wildman–Crippen MR) is 123 cm³/mol. The van der Waals surface area contributed by atoms with Gasteiger partial charge < -0.3 is 14.5 Å². The average molecular weight is 436 g/mol. The van der Waals surface area contributed by atoms with Gasteiger partial charge in [-0.1, -0.05) is 23.2 Å². The van der Waals surface area contributed by atoms with E-state index in [0.29, 0.717) is 22.9 Å². The van der Waals surface area contributed by atoms with E-state index in [1.807, 2.05) is 36.4 Å². The van der Waals surface area contributed by atoms with E-state index in [1.165, 1.54) is 0 Å². The summed E-state index contributed by atoms with van der Waals surface area (Å²) in [5, 5.41) is 0. The van der Waals surface area contributed by atoms with Crippen LogP contribution in [-0.2, 0) is 4.79 Å². The van der Waals surface area contributed by atoms with Gasteiger partial charge in [-0.25, -0.2) is 0 Å². The average Bonchev–Trinajstić information content (AvgIpc) is 2.73. The van der Waals surface area contributed by atoms with Crippen LogP contribution in [0.1, 0.15) is 27.7 Å². The van der Waals surface area contributed by atoms with Gasteiger partial charge in [-0.2, -0.15) is 0 Å². The summed E-state index contributed by atoms with van der Waals surface area (Å²) >= 11 is 11.9. The van der Waals surface area contributed by atoms with Gasteiger partial charge in [-0.15, -0.1) is 0 Å². The molecular weight excluding hydrogens is 409 g/mol. The van der Waals surface area contributed by atoms with Crippen LogP contribution >= 0.6 is 23.2 Å². The highest BCUT2D eigenvalue weighted by Gasteiger charge is 2.33. The number of carbonyl (C=O) groups is 1. The van der Waals surface area contributed by atoms with Crippen molar-refractivity contribution in [3.05, 3.63) is 36.4 Å². The first-order valence-electron chi connectivity index (χ1n) is 10.0. The van der Waals surface area contributed by atoms with Crippen LogP contribution < -0.4 is 19.4 Å². The number of hydrogen-bond donors (Lipinski definition) is 0. The lowest BCUT2D eigenvalue weighted by molar-refractivity contribution is -0.116. The molecule has 2 aromatic rings. The molecule has 0 spiro atoms. The third-order valence-electron chi connectivity index (χ3n) is 5.25. The smallest absolute Gasteiger partial charge is 0.265 e. The molecule has 0 atom stereocenters. The van der Waals surface area contributed by atoms with Crippen molar-refractivity contribution in [3.63, 3.8) is 0 Å². The van der Waals surface area contributed by atoms with Gasteiger partial charge >= 0.3 is 0 Å². The Morgan fingerprint density at radius 3 is 1.62 bits per heavy atom. The number of ether oxygens (including phenoxy) is 1. The van der Waals surface area contributed by atoms with Gasteiger partial charge in [0.1, 0.15) is 0 Å². The van der Waals surface area contributed by atoms with Crippen LogP contribution in [0.15, 0.2) is 36.4 Å². The van der Waals surface area contributed by atoms with E-state index in [-0.39, 0.29) is 0 Å². The van der Waals surface area contributed by atoms with Gasteiger partial charge in [0.25, 0.3) is 5.91 Å². The second kappa shape index (κ2) is 9.14. The molecule has 1 amide bonds. The minimum Gasteiger partial charge on any atom is -0.453 e. The number of amides is 1. The Kier molecular flexibility index (Phi) is 6.81. The van der Waals surface area contributed by atoms with Crippen molar-refractivity contribution >= 4 is 51.9 Å². The highest BCUT2D eigenvalue weighted by molar-refractivity contribution is 6.55. The van der Waals surface area contributed by atoms with Crippen molar-refractivity contribution in [1.29, 1.82) is 0 Å². The Morgan fingerprint density at radius 2 is 1.28 bits per heavy atom. The van der Waals surface area contributed by atoms with Crippen LogP contribution in [-0.4, -0.2) is 36.9 Å². The molecule has 0 fully saturated rings. The zero-order valence-corrected chi connectivity index (χ0v) is 18.8. The van der Waals surface area contributed by atoms with E-state index in [2.05, 4.69) is 37.5 Å². The largest absolute Gasteiger partial charge is 0.453 e. The lowest BCUT2D eigenvalue weighted by atomic mass is 10.1. The fraction of sp³-hybridized carbons (Fsp3) is 0.409. The molecule has 0 aliphatic carbocycles. The molecular formula is C22H27Cl2N3O2. The van der Waals surface area contributed by atoms with Gasteiger partial charge in [0.2, 0.25) is 0 Å². The van der Waals surface area contributed by atoms with Gasteiger partial charge in [-0.3, -0.25) is 9.69 Å². The number of carbonyl (C=O) groups excluding carboxylic acids is 1. The SMILES string of the molecule is CCN(CC)c1ccc2c(c1)Oc1cc(N(CC)CC)ccc1N2C(=O)C(Cl)Cl. The van der Waals surface area contributed by atoms with Gasteiger partial charge in [0, 0.05) is 49.7 Å². The number of rotatable bonds is 7. The van der Waals surface area contributed by atoms with Crippen LogP contribution in [0.3, 0.4) is 0 Å². The van der Waals surface area contributed by atoms with Crippen LogP contribution in [0.5, 0.6) is 11.5 Å². The summed E-state index contributed by atoms with van der Waals surface area (Å²) in [7, 11) is 0. The van der Waals surface area contributed by atoms with E-state index in [0.717, 1.165) is 37.6 Å². The van der Waals surface area contributed by atoms with Crippen LogP contribution in [0.2, 0.25) is 0 Å². The third kappa shape index (κ3) is 4.12. The Morgan fingerprint density at radius 1 is 0.862 bits per heavy atom. The van der Waals surface area contributed by atoms with Crippen molar-refractivity contribution < 1.29 is 9.53 Å². The predicted octanol–water partition coefficient (Wildman–Crippen LogP) is 5.95. The zero-order chi connectivity index (χ0) is 21.1. The summed E-state index contributed by atoms with van der Waals surface area (Å²) < 4.78 is 6.26. The fourth-order valence-corrected chi connectivity index (χ4v) is 3.89. The lowest BCUT2D eigenvalue weighted by Gasteiger charge is -2.33. The first-order valence-corrected chi connectivity index (χ1v) is 10.9. The van der Waals surface area contributed by atoms with Crippen molar-refractivity contribution in [2.45, 2.75) is 32.5 Å². The van der Waals surface area contributed by atoms with Crippen molar-refractivity contribution in [3.8, 4) is 11.5 Å². The number of nitrogens with zero attached hydrogens (tertiary/aromatic N) is 3. The van der Waals surface area contributed by atoms with Crippen molar-refractivity contribution in [2.24, 2.45) is 0 Å². The molecule has 3 rings (SSSR count). The molecule has 5 nitrogen and oxygen atoms in total. The first kappa shape index (κ1) is 21.6. The minimum absolute atomic E-state index is 0.398. The van der Waals surface area contributed by atoms with Crippen molar-refractivity contribution in [2.75, 3.05) is 40.9 Å². The van der Waals surface area contributed by atoms with E-state index in [9.17, 15) is 4.79 Å². The molecule has 156 valence electrons. The fourth-order valence-electron chi connectivity index (χ4n) is 3.69. The highest BCUT2D eigenvalue weighted by Crippen LogP contribution is 2.49. The molecule has 2 aromatic carbocycles. The van der Waals surface area contributed by atoms with Gasteiger partial charge in [-0.05, 0) is 52.0 Å². The standard InChI is InChI=1S/C22H27Cl2N3O2/c1-5-25(6-2)15-9-11-17-19(13-15)29-20-14-16(26(7-3)8-4)10-12-18(20)27(17)22(28)21(23)24/h9-14,21H,5-8H2,1-4H3. The van der Waals surface area contributed by atoms with Gasteiger partial charge in [0.15, 0.2) is 16.3 Å². The Bertz CT molecular complexity index is 819. The molecule has 0 unspecified atom stereocenters. The Hall–Kier alpha value is -2.11. The number of alkyl halides is 2. The summed E-state index contributed by atoms with van der Waals surface area (Å²) in [4.78, 5) is 17.7. The van der Waals surface area contributed by atoms with Gasteiger partial charge in [0.05, 0.1) is 11.4 Å². The molecule has 0 aromatic heterocycles. The molecule has 0 radical (unpaired) electrons. The van der Waals surface area contributed by atoms with E-state index in [1.54, 1.807) is 4.90 Å². The number of benzene rings is 2. The maximum Gasteiger partial charge on any atom is 0.265 e. The lowest BCUT2D eigenvalue weighted by Crippen LogP contribution is -2.33. The summed E-state index contributed by atoms with van der Waals surface area (Å²) in [6.45, 7) is 12.0. The number of halogens is 2. The van der Waals surface area contributed by atoms with Crippen molar-refractivity contribution in [1.82, 2.24) is 0 Å². The van der Waals surface area contributed by atoms with E-state index < -0.39 is 10.7 Å².